The van der Waals surface area contributed by atoms with Gasteiger partial charge in [-0.15, -0.1) is 0 Å². The van der Waals surface area contributed by atoms with E-state index in [1.807, 2.05) is 6.92 Å². The lowest BCUT2D eigenvalue weighted by Crippen LogP contribution is -2.06. The largest absolute Gasteiger partial charge is 0.464 e. The Morgan fingerprint density at radius 1 is 1.36 bits per heavy atom. The van der Waals surface area contributed by atoms with Crippen molar-refractivity contribution in [3.05, 3.63) is 52.6 Å². The van der Waals surface area contributed by atoms with Crippen LogP contribution in [-0.2, 0) is 4.74 Å². The number of pyridine rings is 1. The first-order chi connectivity index (χ1) is 10.5. The topological polar surface area (TPSA) is 55.0 Å². The van der Waals surface area contributed by atoms with E-state index in [9.17, 15) is 9.18 Å². The molecule has 4 nitrogen and oxygen atoms in total. The van der Waals surface area contributed by atoms with Crippen LogP contribution in [0.5, 0.6) is 0 Å². The van der Waals surface area contributed by atoms with E-state index in [1.54, 1.807) is 18.3 Å². The molecular formula is C16H12ClFN2O2. The predicted molar refractivity (Wildman–Crippen MR) is 82.6 cm³/mol. The molecule has 0 spiro atoms. The number of esters is 1. The zero-order valence-corrected chi connectivity index (χ0v) is 12.7. The Labute approximate surface area is 130 Å². The molecule has 22 heavy (non-hydrogen) atoms. The molecule has 3 rings (SSSR count). The van der Waals surface area contributed by atoms with Crippen molar-refractivity contribution in [3.8, 4) is 11.3 Å². The molecule has 0 saturated heterocycles. The van der Waals surface area contributed by atoms with Crippen LogP contribution >= 0.6 is 11.6 Å². The van der Waals surface area contributed by atoms with Crippen LogP contribution in [0.1, 0.15) is 16.1 Å². The molecule has 112 valence electrons. The summed E-state index contributed by atoms with van der Waals surface area (Å²) in [7, 11) is 1.30. The number of carbonyl (C=O) groups excluding carboxylic acids is 1. The van der Waals surface area contributed by atoms with E-state index < -0.39 is 11.8 Å². The van der Waals surface area contributed by atoms with E-state index in [0.29, 0.717) is 16.6 Å². The van der Waals surface area contributed by atoms with Gasteiger partial charge in [-0.2, -0.15) is 0 Å². The zero-order valence-electron chi connectivity index (χ0n) is 11.9. The summed E-state index contributed by atoms with van der Waals surface area (Å²) >= 11 is 5.69. The molecule has 2 heterocycles. The summed E-state index contributed by atoms with van der Waals surface area (Å²) < 4.78 is 18.4. The number of carbonyl (C=O) groups is 1. The van der Waals surface area contributed by atoms with Crippen LogP contribution in [0.2, 0.25) is 5.02 Å². The second kappa shape index (κ2) is 5.42. The lowest BCUT2D eigenvalue weighted by atomic mass is 10.1. The zero-order chi connectivity index (χ0) is 15.9. The fourth-order valence-electron chi connectivity index (χ4n) is 2.36. The third-order valence-electron chi connectivity index (χ3n) is 3.45. The Hall–Kier alpha value is -2.40. The number of nitrogens with zero attached hydrogens (tertiary/aromatic N) is 1. The molecule has 0 bridgehead atoms. The summed E-state index contributed by atoms with van der Waals surface area (Å²) in [5.74, 6) is -1.08. The lowest BCUT2D eigenvalue weighted by Gasteiger charge is -2.07. The summed E-state index contributed by atoms with van der Waals surface area (Å²) in [6, 6.07) is 6.15. The average molecular weight is 319 g/mol. The molecule has 0 fully saturated rings. The minimum atomic E-state index is -0.539. The van der Waals surface area contributed by atoms with Crippen molar-refractivity contribution < 1.29 is 13.9 Å². The molecule has 0 atom stereocenters. The summed E-state index contributed by atoms with van der Waals surface area (Å²) in [6.07, 6.45) is 1.78. The SMILES string of the molecule is COC(=O)c1nc(-c2ccc(Cl)c(F)c2)cc2[nH]cc(C)c12. The van der Waals surface area contributed by atoms with Crippen molar-refractivity contribution in [2.24, 2.45) is 0 Å². The second-order valence-corrected chi connectivity index (χ2v) is 5.28. The van der Waals surface area contributed by atoms with E-state index in [-0.39, 0.29) is 10.7 Å². The first kappa shape index (κ1) is 14.5. The quantitative estimate of drug-likeness (QED) is 0.723. The standard InChI is InChI=1S/C16H12ClFN2O2/c1-8-7-19-13-6-12(9-3-4-10(17)11(18)5-9)20-15(14(8)13)16(21)22-2/h3-7,19H,1-2H3. The molecule has 0 radical (unpaired) electrons. The number of hydrogen-bond acceptors (Lipinski definition) is 3. The predicted octanol–water partition coefficient (Wildman–Crippen LogP) is 4.12. The van der Waals surface area contributed by atoms with Crippen molar-refractivity contribution in [2.75, 3.05) is 7.11 Å². The van der Waals surface area contributed by atoms with Crippen LogP contribution < -0.4 is 0 Å². The normalized spacial score (nSPS) is 10.9. The summed E-state index contributed by atoms with van der Waals surface area (Å²) in [5, 5.41) is 0.735. The highest BCUT2D eigenvalue weighted by atomic mass is 35.5. The van der Waals surface area contributed by atoms with Gasteiger partial charge in [0, 0.05) is 17.1 Å². The van der Waals surface area contributed by atoms with Crippen LogP contribution in [0.3, 0.4) is 0 Å². The number of methoxy groups -OCH3 is 1. The van der Waals surface area contributed by atoms with Gasteiger partial charge in [-0.05, 0) is 30.7 Å². The minimum absolute atomic E-state index is 0.0359. The summed E-state index contributed by atoms with van der Waals surface area (Å²) in [4.78, 5) is 19.4. The molecule has 0 amide bonds. The number of aryl methyl sites for hydroxylation is 1. The maximum atomic E-state index is 13.6. The van der Waals surface area contributed by atoms with Crippen molar-refractivity contribution in [1.29, 1.82) is 0 Å². The molecule has 6 heteroatoms. The molecule has 0 unspecified atom stereocenters. The number of aromatic nitrogens is 2. The van der Waals surface area contributed by atoms with E-state index in [2.05, 4.69) is 9.97 Å². The fraction of sp³-hybridized carbons (Fsp3) is 0.125. The molecule has 3 aromatic rings. The molecule has 0 saturated carbocycles. The summed E-state index contributed by atoms with van der Waals surface area (Å²) in [5.41, 5.74) is 2.81. The van der Waals surface area contributed by atoms with Gasteiger partial charge < -0.3 is 9.72 Å². The van der Waals surface area contributed by atoms with Crippen LogP contribution in [0, 0.1) is 12.7 Å². The van der Waals surface area contributed by atoms with Crippen LogP contribution in [-0.4, -0.2) is 23.0 Å². The minimum Gasteiger partial charge on any atom is -0.464 e. The number of hydrogen-bond donors (Lipinski definition) is 1. The summed E-state index contributed by atoms with van der Waals surface area (Å²) in [6.45, 7) is 1.87. The van der Waals surface area contributed by atoms with E-state index >= 15 is 0 Å². The molecule has 0 aliphatic rings. The fourth-order valence-corrected chi connectivity index (χ4v) is 2.48. The third-order valence-corrected chi connectivity index (χ3v) is 3.76. The number of benzene rings is 1. The molecule has 0 aliphatic carbocycles. The van der Waals surface area contributed by atoms with E-state index in [0.717, 1.165) is 11.1 Å². The number of nitrogens with one attached hydrogen (secondary N) is 1. The third kappa shape index (κ3) is 2.33. The Balaban J connectivity index is 2.27. The van der Waals surface area contributed by atoms with Gasteiger partial charge in [-0.25, -0.2) is 14.2 Å². The number of aromatic amines is 1. The molecule has 1 N–H and O–H groups in total. The van der Waals surface area contributed by atoms with E-state index in [1.165, 1.54) is 19.2 Å². The van der Waals surface area contributed by atoms with Gasteiger partial charge in [-0.1, -0.05) is 17.7 Å². The maximum Gasteiger partial charge on any atom is 0.357 e. The van der Waals surface area contributed by atoms with E-state index in [4.69, 9.17) is 16.3 Å². The van der Waals surface area contributed by atoms with Gasteiger partial charge >= 0.3 is 5.97 Å². The first-order valence-corrected chi connectivity index (χ1v) is 6.91. The second-order valence-electron chi connectivity index (χ2n) is 4.87. The van der Waals surface area contributed by atoms with Crippen LogP contribution in [0.15, 0.2) is 30.5 Å². The molecule has 1 aromatic carbocycles. The van der Waals surface area contributed by atoms with Crippen molar-refractivity contribution in [2.45, 2.75) is 6.92 Å². The van der Waals surface area contributed by atoms with Crippen molar-refractivity contribution >= 4 is 28.5 Å². The molecule has 0 aliphatic heterocycles. The molecular weight excluding hydrogens is 307 g/mol. The van der Waals surface area contributed by atoms with Gasteiger partial charge in [0.2, 0.25) is 0 Å². The number of halogens is 2. The number of fused-ring (bicyclic) bond motifs is 1. The average Bonchev–Trinajstić information content (AvgIpc) is 2.90. The number of rotatable bonds is 2. The Bertz CT molecular complexity index is 889. The monoisotopic (exact) mass is 318 g/mol. The van der Waals surface area contributed by atoms with Gasteiger partial charge in [0.25, 0.3) is 0 Å². The highest BCUT2D eigenvalue weighted by Gasteiger charge is 2.18. The van der Waals surface area contributed by atoms with Gasteiger partial charge in [0.1, 0.15) is 5.82 Å². The van der Waals surface area contributed by atoms with Gasteiger partial charge in [0.15, 0.2) is 5.69 Å². The van der Waals surface area contributed by atoms with Gasteiger partial charge in [0.05, 0.1) is 23.3 Å². The smallest absolute Gasteiger partial charge is 0.357 e. The number of ether oxygens (including phenoxy) is 1. The lowest BCUT2D eigenvalue weighted by molar-refractivity contribution is 0.0596. The Kier molecular flexibility index (Phi) is 3.58. The van der Waals surface area contributed by atoms with Crippen LogP contribution in [0.4, 0.5) is 4.39 Å². The van der Waals surface area contributed by atoms with Crippen LogP contribution in [0.25, 0.3) is 22.2 Å². The number of H-pyrrole nitrogens is 1. The van der Waals surface area contributed by atoms with Crippen molar-refractivity contribution in [3.63, 3.8) is 0 Å². The van der Waals surface area contributed by atoms with Crippen molar-refractivity contribution in [1.82, 2.24) is 9.97 Å². The Morgan fingerprint density at radius 3 is 2.82 bits per heavy atom. The molecule has 2 aromatic heterocycles. The highest BCUT2D eigenvalue weighted by molar-refractivity contribution is 6.30. The first-order valence-electron chi connectivity index (χ1n) is 6.53. The van der Waals surface area contributed by atoms with Gasteiger partial charge in [-0.3, -0.25) is 0 Å². The Morgan fingerprint density at radius 2 is 2.14 bits per heavy atom. The maximum absolute atomic E-state index is 13.6. The highest BCUT2D eigenvalue weighted by Crippen LogP contribution is 2.28.